The fourth-order valence-electron chi connectivity index (χ4n) is 0.381. The van der Waals surface area contributed by atoms with E-state index < -0.39 is 0 Å². The molecular weight excluding hydrogens is 106 g/mol. The van der Waals surface area contributed by atoms with E-state index in [1.807, 2.05) is 0 Å². The first kappa shape index (κ1) is 16.6. The van der Waals surface area contributed by atoms with Crippen molar-refractivity contribution in [1.82, 2.24) is 0 Å². The normalized spacial score (nSPS) is 7.33. The van der Waals surface area contributed by atoms with Crippen LogP contribution in [0.5, 0.6) is 0 Å². The van der Waals surface area contributed by atoms with Crippen LogP contribution in [-0.2, 0) is 0 Å². The Morgan fingerprint density at radius 2 is 1.00 bits per heavy atom. The SMILES string of the molecule is [Li+].[Li+].[O-]CCCCC[O-]. The maximum atomic E-state index is 9.70. The summed E-state index contributed by atoms with van der Waals surface area (Å²) in [7, 11) is 0. The first-order valence-electron chi connectivity index (χ1n) is 2.58. The van der Waals surface area contributed by atoms with Gasteiger partial charge in [-0.1, -0.05) is 19.3 Å². The molecule has 9 heavy (non-hydrogen) atoms. The van der Waals surface area contributed by atoms with Crippen LogP contribution < -0.4 is 47.9 Å². The standard InChI is InChI=1S/C5H10O2.2Li/c6-4-2-1-3-5-7;;/h1-5H2;;/q-2;2*+1. The summed E-state index contributed by atoms with van der Waals surface area (Å²) in [6.07, 6.45) is 2.15. The van der Waals surface area contributed by atoms with Gasteiger partial charge in [0.1, 0.15) is 0 Å². The Morgan fingerprint density at radius 1 is 0.667 bits per heavy atom. The van der Waals surface area contributed by atoms with Crippen molar-refractivity contribution in [1.29, 1.82) is 0 Å². The van der Waals surface area contributed by atoms with E-state index in [4.69, 9.17) is 0 Å². The van der Waals surface area contributed by atoms with Gasteiger partial charge in [-0.15, -0.1) is 13.2 Å². The second-order valence-corrected chi connectivity index (χ2v) is 1.47. The third kappa shape index (κ3) is 17.6. The second-order valence-electron chi connectivity index (χ2n) is 1.47. The topological polar surface area (TPSA) is 46.1 Å². The van der Waals surface area contributed by atoms with Gasteiger partial charge in [0, 0.05) is 0 Å². The molecule has 0 amide bonds. The molecule has 0 saturated heterocycles. The van der Waals surface area contributed by atoms with Crippen LogP contribution in [0.25, 0.3) is 0 Å². The molecule has 2 nitrogen and oxygen atoms in total. The van der Waals surface area contributed by atoms with E-state index in [1.165, 1.54) is 0 Å². The van der Waals surface area contributed by atoms with Crippen molar-refractivity contribution in [2.45, 2.75) is 19.3 Å². The van der Waals surface area contributed by atoms with Gasteiger partial charge in [0.15, 0.2) is 0 Å². The van der Waals surface area contributed by atoms with Gasteiger partial charge in [-0.05, 0) is 0 Å². The van der Waals surface area contributed by atoms with Crippen LogP contribution in [-0.4, -0.2) is 13.2 Å². The van der Waals surface area contributed by atoms with Gasteiger partial charge >= 0.3 is 37.7 Å². The Labute approximate surface area is 80.4 Å². The van der Waals surface area contributed by atoms with Gasteiger partial charge in [0.05, 0.1) is 0 Å². The maximum Gasteiger partial charge on any atom is 1.00 e. The summed E-state index contributed by atoms with van der Waals surface area (Å²) in [5, 5.41) is 19.4. The monoisotopic (exact) mass is 116 g/mol. The molecule has 0 atom stereocenters. The molecule has 4 heteroatoms. The van der Waals surface area contributed by atoms with E-state index in [9.17, 15) is 10.2 Å². The molecule has 0 rings (SSSR count). The van der Waals surface area contributed by atoms with E-state index >= 15 is 0 Å². The number of hydrogen-bond acceptors (Lipinski definition) is 2. The molecule has 0 aromatic heterocycles. The Hall–Kier alpha value is 1.11. The number of rotatable bonds is 4. The van der Waals surface area contributed by atoms with Crippen LogP contribution in [0, 0.1) is 0 Å². The zero-order chi connectivity index (χ0) is 5.54. The zero-order valence-electron chi connectivity index (χ0n) is 6.35. The van der Waals surface area contributed by atoms with Crippen molar-refractivity contribution in [3.8, 4) is 0 Å². The van der Waals surface area contributed by atoms with Crippen molar-refractivity contribution in [2.24, 2.45) is 0 Å². The first-order chi connectivity index (χ1) is 3.41. The van der Waals surface area contributed by atoms with Crippen LogP contribution in [0.4, 0.5) is 0 Å². The zero-order valence-corrected chi connectivity index (χ0v) is 6.35. The molecule has 0 aliphatic carbocycles. The molecule has 0 aromatic carbocycles. The summed E-state index contributed by atoms with van der Waals surface area (Å²) >= 11 is 0. The Kier molecular flexibility index (Phi) is 29.6. The molecule has 0 radical (unpaired) electrons. The number of unbranched alkanes of at least 4 members (excludes halogenated alkanes) is 2. The summed E-state index contributed by atoms with van der Waals surface area (Å²) in [6, 6.07) is 0. The van der Waals surface area contributed by atoms with Gasteiger partial charge in [-0.25, -0.2) is 0 Å². The smallest absolute Gasteiger partial charge is 0.854 e. The molecular formula is C5H10Li2O2. The molecule has 0 heterocycles. The van der Waals surface area contributed by atoms with Gasteiger partial charge in [0.2, 0.25) is 0 Å². The molecule has 0 aliphatic heterocycles. The summed E-state index contributed by atoms with van der Waals surface area (Å²) in [4.78, 5) is 0. The number of hydrogen-bond donors (Lipinski definition) is 0. The van der Waals surface area contributed by atoms with E-state index in [1.54, 1.807) is 0 Å². The average Bonchev–Trinajstić information content (AvgIpc) is 1.69. The molecule has 0 fully saturated rings. The fraction of sp³-hybridized carbons (Fsp3) is 1.00. The minimum Gasteiger partial charge on any atom is -0.854 e. The van der Waals surface area contributed by atoms with Crippen LogP contribution in [0.15, 0.2) is 0 Å². The molecule has 0 aliphatic rings. The third-order valence-electron chi connectivity index (χ3n) is 0.789. The molecule has 44 valence electrons. The first-order valence-corrected chi connectivity index (χ1v) is 2.58. The third-order valence-corrected chi connectivity index (χ3v) is 0.789. The van der Waals surface area contributed by atoms with E-state index in [2.05, 4.69) is 0 Å². The van der Waals surface area contributed by atoms with E-state index in [-0.39, 0.29) is 50.9 Å². The minimum atomic E-state index is -0.0278. The molecule has 0 unspecified atom stereocenters. The fourth-order valence-corrected chi connectivity index (χ4v) is 0.381. The summed E-state index contributed by atoms with van der Waals surface area (Å²) in [6.45, 7) is -0.0556. The van der Waals surface area contributed by atoms with Gasteiger partial charge < -0.3 is 10.2 Å². The van der Waals surface area contributed by atoms with Crippen LogP contribution >= 0.6 is 0 Å². The average molecular weight is 116 g/mol. The van der Waals surface area contributed by atoms with Crippen molar-refractivity contribution in [3.05, 3.63) is 0 Å². The van der Waals surface area contributed by atoms with Gasteiger partial charge in [0.25, 0.3) is 0 Å². The van der Waals surface area contributed by atoms with Crippen molar-refractivity contribution in [3.63, 3.8) is 0 Å². The molecule has 0 saturated carbocycles. The quantitative estimate of drug-likeness (QED) is 0.270. The van der Waals surface area contributed by atoms with Gasteiger partial charge in [-0.2, -0.15) is 0 Å². The molecule has 0 spiro atoms. The largest absolute Gasteiger partial charge is 1.00 e. The van der Waals surface area contributed by atoms with Gasteiger partial charge in [-0.3, -0.25) is 0 Å². The summed E-state index contributed by atoms with van der Waals surface area (Å²) < 4.78 is 0. The maximum absolute atomic E-state index is 9.70. The van der Waals surface area contributed by atoms with Crippen LogP contribution in [0.2, 0.25) is 0 Å². The second kappa shape index (κ2) is 16.1. The van der Waals surface area contributed by atoms with E-state index in [0.29, 0.717) is 12.8 Å². The van der Waals surface area contributed by atoms with Crippen LogP contribution in [0.1, 0.15) is 19.3 Å². The Bertz CT molecular complexity index is 32.1. The summed E-state index contributed by atoms with van der Waals surface area (Å²) in [5.41, 5.74) is 0. The van der Waals surface area contributed by atoms with Crippen molar-refractivity contribution >= 4 is 0 Å². The van der Waals surface area contributed by atoms with Crippen molar-refractivity contribution < 1.29 is 47.9 Å². The predicted molar refractivity (Wildman–Crippen MR) is 23.6 cm³/mol. The molecule has 0 bridgehead atoms. The minimum absolute atomic E-state index is 0. The van der Waals surface area contributed by atoms with Crippen molar-refractivity contribution in [2.75, 3.05) is 13.2 Å². The Morgan fingerprint density at radius 3 is 1.22 bits per heavy atom. The van der Waals surface area contributed by atoms with Crippen LogP contribution in [0.3, 0.4) is 0 Å². The predicted octanol–water partition coefficient (Wildman–Crippen LogP) is -7.11. The van der Waals surface area contributed by atoms with E-state index in [0.717, 1.165) is 6.42 Å². The summed E-state index contributed by atoms with van der Waals surface area (Å²) in [5.74, 6) is 0. The Balaban J connectivity index is -0.000000180. The molecule has 0 N–H and O–H groups in total. The molecule has 0 aromatic rings.